The first kappa shape index (κ1) is 14.8. The third-order valence-corrected chi connectivity index (χ3v) is 4.08. The zero-order valence-electron chi connectivity index (χ0n) is 11.8. The molecule has 2 nitrogen and oxygen atoms in total. The van der Waals surface area contributed by atoms with E-state index in [9.17, 15) is 0 Å². The van der Waals surface area contributed by atoms with Gasteiger partial charge < -0.3 is 10.6 Å². The lowest BCUT2D eigenvalue weighted by atomic mass is 10.0. The Morgan fingerprint density at radius 1 is 1.37 bits per heavy atom. The van der Waals surface area contributed by atoms with Gasteiger partial charge >= 0.3 is 0 Å². The van der Waals surface area contributed by atoms with Crippen LogP contribution < -0.4 is 10.6 Å². The molecule has 19 heavy (non-hydrogen) atoms. The Hall–Kier alpha value is -0.570. The van der Waals surface area contributed by atoms with Gasteiger partial charge in [0.05, 0.1) is 0 Å². The van der Waals surface area contributed by atoms with E-state index < -0.39 is 0 Å². The normalized spacial score (nSPS) is 21.9. The van der Waals surface area contributed by atoms with Gasteiger partial charge in [-0.15, -0.1) is 0 Å². The van der Waals surface area contributed by atoms with Crippen LogP contribution >= 0.6 is 11.6 Å². The van der Waals surface area contributed by atoms with E-state index in [1.165, 1.54) is 44.2 Å². The molecular weight excluding hydrogens is 256 g/mol. The molecule has 0 aliphatic carbocycles. The van der Waals surface area contributed by atoms with Crippen LogP contribution in [0.4, 0.5) is 0 Å². The quantitative estimate of drug-likeness (QED) is 0.859. The fourth-order valence-corrected chi connectivity index (χ4v) is 2.96. The molecule has 1 aliphatic rings. The van der Waals surface area contributed by atoms with E-state index in [4.69, 9.17) is 11.6 Å². The van der Waals surface area contributed by atoms with E-state index >= 15 is 0 Å². The smallest absolute Gasteiger partial charge is 0.0409 e. The minimum Gasteiger partial charge on any atom is -0.314 e. The second kappa shape index (κ2) is 7.88. The second-order valence-corrected chi connectivity index (χ2v) is 6.08. The largest absolute Gasteiger partial charge is 0.314 e. The number of hydrogen-bond donors (Lipinski definition) is 2. The second-order valence-electron chi connectivity index (χ2n) is 5.65. The van der Waals surface area contributed by atoms with Crippen molar-refractivity contribution in [1.82, 2.24) is 10.6 Å². The zero-order valence-corrected chi connectivity index (χ0v) is 12.5. The molecule has 106 valence electrons. The summed E-state index contributed by atoms with van der Waals surface area (Å²) in [5.74, 6) is 0. The van der Waals surface area contributed by atoms with Crippen molar-refractivity contribution in [3.63, 3.8) is 0 Å². The predicted molar refractivity (Wildman–Crippen MR) is 82.6 cm³/mol. The van der Waals surface area contributed by atoms with Crippen LogP contribution in [-0.2, 0) is 6.54 Å². The Morgan fingerprint density at radius 2 is 2.26 bits per heavy atom. The molecule has 2 atom stereocenters. The fourth-order valence-electron chi connectivity index (χ4n) is 2.75. The summed E-state index contributed by atoms with van der Waals surface area (Å²) in [4.78, 5) is 0. The summed E-state index contributed by atoms with van der Waals surface area (Å²) in [5.41, 5.74) is 1.26. The van der Waals surface area contributed by atoms with Crippen molar-refractivity contribution in [2.75, 3.05) is 6.54 Å². The lowest BCUT2D eigenvalue weighted by Gasteiger charge is -2.21. The Morgan fingerprint density at radius 3 is 3.11 bits per heavy atom. The molecule has 3 heteroatoms. The van der Waals surface area contributed by atoms with Gasteiger partial charge in [-0.25, -0.2) is 0 Å². The summed E-state index contributed by atoms with van der Waals surface area (Å²) in [7, 11) is 0. The van der Waals surface area contributed by atoms with Crippen LogP contribution in [0.5, 0.6) is 0 Å². The van der Waals surface area contributed by atoms with Gasteiger partial charge in [-0.1, -0.05) is 36.6 Å². The molecule has 1 saturated heterocycles. The molecule has 2 N–H and O–H groups in total. The van der Waals surface area contributed by atoms with Crippen molar-refractivity contribution in [3.05, 3.63) is 34.9 Å². The first-order valence-electron chi connectivity index (χ1n) is 7.45. The topological polar surface area (TPSA) is 24.1 Å². The number of hydrogen-bond acceptors (Lipinski definition) is 2. The Labute approximate surface area is 121 Å². The molecule has 1 aromatic rings. The maximum Gasteiger partial charge on any atom is 0.0409 e. The van der Waals surface area contributed by atoms with Gasteiger partial charge in [-0.05, 0) is 50.4 Å². The van der Waals surface area contributed by atoms with Crippen LogP contribution in [-0.4, -0.2) is 18.6 Å². The standard InChI is InChI=1S/C16H25ClN2/c1-13(10-16-8-3-2-4-9-18-16)19-12-14-6-5-7-15(17)11-14/h5-7,11,13,16,18-19H,2-4,8-10,12H2,1H3. The van der Waals surface area contributed by atoms with Gasteiger partial charge in [-0.2, -0.15) is 0 Å². The summed E-state index contributed by atoms with van der Waals surface area (Å²) in [6.07, 6.45) is 6.62. The minimum absolute atomic E-state index is 0.537. The highest BCUT2D eigenvalue weighted by atomic mass is 35.5. The molecule has 0 aromatic heterocycles. The van der Waals surface area contributed by atoms with Gasteiger partial charge in [0.25, 0.3) is 0 Å². The highest BCUT2D eigenvalue weighted by Crippen LogP contribution is 2.14. The molecule has 0 saturated carbocycles. The van der Waals surface area contributed by atoms with Crippen LogP contribution in [0, 0.1) is 0 Å². The maximum absolute atomic E-state index is 6.00. The molecule has 0 spiro atoms. The Balaban J connectivity index is 1.73. The van der Waals surface area contributed by atoms with E-state index in [2.05, 4.69) is 23.6 Å². The van der Waals surface area contributed by atoms with Crippen molar-refractivity contribution < 1.29 is 0 Å². The van der Waals surface area contributed by atoms with Crippen molar-refractivity contribution in [3.8, 4) is 0 Å². The van der Waals surface area contributed by atoms with E-state index in [-0.39, 0.29) is 0 Å². The van der Waals surface area contributed by atoms with Crippen LogP contribution in [0.3, 0.4) is 0 Å². The summed E-state index contributed by atoms with van der Waals surface area (Å²) in [6.45, 7) is 4.36. The Kier molecular flexibility index (Phi) is 6.15. The summed E-state index contributed by atoms with van der Waals surface area (Å²) < 4.78 is 0. The van der Waals surface area contributed by atoms with Crippen LogP contribution in [0.1, 0.15) is 44.6 Å². The van der Waals surface area contributed by atoms with Crippen LogP contribution in [0.15, 0.2) is 24.3 Å². The summed E-state index contributed by atoms with van der Waals surface area (Å²) in [5, 5.41) is 8.07. The van der Waals surface area contributed by atoms with Crippen LogP contribution in [0.2, 0.25) is 5.02 Å². The minimum atomic E-state index is 0.537. The summed E-state index contributed by atoms with van der Waals surface area (Å²) >= 11 is 6.00. The number of halogens is 1. The average Bonchev–Trinajstić information content (AvgIpc) is 2.65. The lowest BCUT2D eigenvalue weighted by molar-refractivity contribution is 0.402. The van der Waals surface area contributed by atoms with Gasteiger partial charge in [-0.3, -0.25) is 0 Å². The molecule has 1 heterocycles. The molecule has 1 aliphatic heterocycles. The molecular formula is C16H25ClN2. The summed E-state index contributed by atoms with van der Waals surface area (Å²) in [6, 6.07) is 9.31. The SMILES string of the molecule is CC(CC1CCCCCN1)NCc1cccc(Cl)c1. The number of benzene rings is 1. The van der Waals surface area contributed by atoms with Crippen molar-refractivity contribution >= 4 is 11.6 Å². The highest BCUT2D eigenvalue weighted by Gasteiger charge is 2.14. The number of nitrogens with one attached hydrogen (secondary N) is 2. The first-order chi connectivity index (χ1) is 9.24. The fraction of sp³-hybridized carbons (Fsp3) is 0.625. The number of rotatable bonds is 5. The van der Waals surface area contributed by atoms with Gasteiger partial charge in [0.1, 0.15) is 0 Å². The van der Waals surface area contributed by atoms with E-state index in [0.717, 1.165) is 11.6 Å². The predicted octanol–water partition coefficient (Wildman–Crippen LogP) is 3.74. The van der Waals surface area contributed by atoms with Crippen LogP contribution in [0.25, 0.3) is 0 Å². The lowest BCUT2D eigenvalue weighted by Crippen LogP contribution is -2.36. The van der Waals surface area contributed by atoms with Gasteiger partial charge in [0, 0.05) is 23.7 Å². The van der Waals surface area contributed by atoms with E-state index in [1.807, 2.05) is 18.2 Å². The van der Waals surface area contributed by atoms with Crippen molar-refractivity contribution in [1.29, 1.82) is 0 Å². The molecule has 1 aromatic carbocycles. The van der Waals surface area contributed by atoms with Gasteiger partial charge in [0.15, 0.2) is 0 Å². The zero-order chi connectivity index (χ0) is 13.5. The Bertz CT molecular complexity index is 373. The van der Waals surface area contributed by atoms with Crippen molar-refractivity contribution in [2.24, 2.45) is 0 Å². The maximum atomic E-state index is 6.00. The van der Waals surface area contributed by atoms with Gasteiger partial charge in [0.2, 0.25) is 0 Å². The molecule has 1 fully saturated rings. The van der Waals surface area contributed by atoms with E-state index in [0.29, 0.717) is 12.1 Å². The molecule has 2 unspecified atom stereocenters. The van der Waals surface area contributed by atoms with Crippen molar-refractivity contribution in [2.45, 2.75) is 57.7 Å². The third-order valence-electron chi connectivity index (χ3n) is 3.84. The molecule has 0 amide bonds. The average molecular weight is 281 g/mol. The highest BCUT2D eigenvalue weighted by molar-refractivity contribution is 6.30. The first-order valence-corrected chi connectivity index (χ1v) is 7.83. The molecule has 0 bridgehead atoms. The molecule has 2 rings (SSSR count). The third kappa shape index (κ3) is 5.52. The van der Waals surface area contributed by atoms with E-state index in [1.54, 1.807) is 0 Å². The molecule has 0 radical (unpaired) electrons. The monoisotopic (exact) mass is 280 g/mol.